The van der Waals surface area contributed by atoms with Crippen LogP contribution in [0.25, 0.3) is 0 Å². The van der Waals surface area contributed by atoms with Crippen LogP contribution in [0.1, 0.15) is 60.3 Å². The zero-order chi connectivity index (χ0) is 16.9. The van der Waals surface area contributed by atoms with Crippen molar-refractivity contribution < 1.29 is 14.2 Å². The molecule has 4 nitrogen and oxygen atoms in total. The Morgan fingerprint density at radius 3 is 2.22 bits per heavy atom. The zero-order valence-corrected chi connectivity index (χ0v) is 15.8. The number of rotatable bonds is 8. The van der Waals surface area contributed by atoms with Gasteiger partial charge in [-0.2, -0.15) is 0 Å². The molecule has 1 heterocycles. The summed E-state index contributed by atoms with van der Waals surface area (Å²) in [5, 5.41) is 0. The van der Waals surface area contributed by atoms with Crippen LogP contribution < -0.4 is 0 Å². The minimum Gasteiger partial charge on any atom is -0.380 e. The van der Waals surface area contributed by atoms with E-state index in [4.69, 9.17) is 14.2 Å². The van der Waals surface area contributed by atoms with Gasteiger partial charge in [0.15, 0.2) is 0 Å². The van der Waals surface area contributed by atoms with E-state index in [1.807, 2.05) is 0 Å². The van der Waals surface area contributed by atoms with Gasteiger partial charge in [0, 0.05) is 19.6 Å². The minimum absolute atomic E-state index is 0.265. The highest BCUT2D eigenvalue weighted by Crippen LogP contribution is 2.30. The van der Waals surface area contributed by atoms with Gasteiger partial charge in [-0.3, -0.25) is 0 Å². The number of ether oxygens (including phenoxy) is 3. The maximum atomic E-state index is 6.22. The van der Waals surface area contributed by atoms with Gasteiger partial charge < -0.3 is 19.1 Å². The van der Waals surface area contributed by atoms with Gasteiger partial charge in [0.1, 0.15) is 0 Å². The van der Waals surface area contributed by atoms with Gasteiger partial charge in [0.25, 0.3) is 0 Å². The number of nitrogens with zero attached hydrogens (tertiary/aromatic N) is 1. The fraction of sp³-hybridized carbons (Fsp3) is 1.00. The Labute approximate surface area is 142 Å². The SMILES string of the molecule is CC(C)OC1CC(OC2CCN(CCOCC(C)(C)C)CC2)C1. The molecule has 2 rings (SSSR count). The molecule has 1 aliphatic heterocycles. The van der Waals surface area contributed by atoms with Crippen LogP contribution >= 0.6 is 0 Å². The van der Waals surface area contributed by atoms with E-state index in [-0.39, 0.29) is 5.41 Å². The first-order chi connectivity index (χ1) is 10.8. The molecule has 0 aromatic heterocycles. The van der Waals surface area contributed by atoms with Crippen molar-refractivity contribution in [3.63, 3.8) is 0 Å². The van der Waals surface area contributed by atoms with Crippen molar-refractivity contribution >= 4 is 0 Å². The second-order valence-corrected chi connectivity index (χ2v) is 8.69. The van der Waals surface area contributed by atoms with E-state index in [9.17, 15) is 0 Å². The highest BCUT2D eigenvalue weighted by molar-refractivity contribution is 4.84. The second kappa shape index (κ2) is 8.80. The molecule has 23 heavy (non-hydrogen) atoms. The highest BCUT2D eigenvalue weighted by Gasteiger charge is 2.34. The average molecular weight is 328 g/mol. The lowest BCUT2D eigenvalue weighted by atomic mass is 9.91. The van der Waals surface area contributed by atoms with Crippen LogP contribution in [-0.2, 0) is 14.2 Å². The number of piperidine rings is 1. The summed E-state index contributed by atoms with van der Waals surface area (Å²) in [5.41, 5.74) is 0.265. The average Bonchev–Trinajstić information content (AvgIpc) is 2.41. The number of hydrogen-bond acceptors (Lipinski definition) is 4. The summed E-state index contributed by atoms with van der Waals surface area (Å²) in [5.74, 6) is 0. The van der Waals surface area contributed by atoms with Crippen LogP contribution in [0.5, 0.6) is 0 Å². The Kier molecular flexibility index (Phi) is 7.33. The lowest BCUT2D eigenvalue weighted by Gasteiger charge is -2.40. The van der Waals surface area contributed by atoms with Gasteiger partial charge in [-0.05, 0) is 44.9 Å². The van der Waals surface area contributed by atoms with Crippen molar-refractivity contribution in [2.24, 2.45) is 5.41 Å². The molecule has 1 aliphatic carbocycles. The van der Waals surface area contributed by atoms with E-state index < -0.39 is 0 Å². The third-order valence-electron chi connectivity index (χ3n) is 4.52. The summed E-state index contributed by atoms with van der Waals surface area (Å²) in [6.07, 6.45) is 6.14. The topological polar surface area (TPSA) is 30.9 Å². The third-order valence-corrected chi connectivity index (χ3v) is 4.52. The van der Waals surface area contributed by atoms with Crippen LogP contribution in [0.3, 0.4) is 0 Å². The molecule has 2 fully saturated rings. The van der Waals surface area contributed by atoms with Gasteiger partial charge in [-0.25, -0.2) is 0 Å². The summed E-state index contributed by atoms with van der Waals surface area (Å²) in [6, 6.07) is 0. The van der Waals surface area contributed by atoms with Crippen LogP contribution in [0.15, 0.2) is 0 Å². The minimum atomic E-state index is 0.265. The smallest absolute Gasteiger partial charge is 0.0628 e. The molecule has 0 radical (unpaired) electrons. The lowest BCUT2D eigenvalue weighted by molar-refractivity contribution is -0.146. The maximum Gasteiger partial charge on any atom is 0.0628 e. The van der Waals surface area contributed by atoms with Gasteiger partial charge in [-0.15, -0.1) is 0 Å². The molecule has 0 bridgehead atoms. The Bertz CT molecular complexity index is 326. The largest absolute Gasteiger partial charge is 0.380 e. The zero-order valence-electron chi connectivity index (χ0n) is 15.8. The molecule has 0 atom stereocenters. The molecule has 0 unspecified atom stereocenters. The van der Waals surface area contributed by atoms with Crippen molar-refractivity contribution in [3.05, 3.63) is 0 Å². The van der Waals surface area contributed by atoms with E-state index in [2.05, 4.69) is 39.5 Å². The van der Waals surface area contributed by atoms with Crippen LogP contribution in [-0.4, -0.2) is 62.2 Å². The van der Waals surface area contributed by atoms with E-state index >= 15 is 0 Å². The standard InChI is InChI=1S/C19H37NO3/c1-15(2)22-17-12-18(13-17)23-16-6-8-20(9-7-16)10-11-21-14-19(3,4)5/h15-18H,6-14H2,1-5H3. The Morgan fingerprint density at radius 1 is 1.00 bits per heavy atom. The van der Waals surface area contributed by atoms with Crippen LogP contribution in [0.2, 0.25) is 0 Å². The fourth-order valence-corrected chi connectivity index (χ4v) is 3.24. The van der Waals surface area contributed by atoms with Crippen molar-refractivity contribution in [2.75, 3.05) is 32.8 Å². The summed E-state index contributed by atoms with van der Waals surface area (Å²) in [6.45, 7) is 15.9. The van der Waals surface area contributed by atoms with Gasteiger partial charge in [0.2, 0.25) is 0 Å². The highest BCUT2D eigenvalue weighted by atomic mass is 16.5. The monoisotopic (exact) mass is 327 g/mol. The van der Waals surface area contributed by atoms with Crippen molar-refractivity contribution in [2.45, 2.75) is 84.7 Å². The lowest BCUT2D eigenvalue weighted by Crippen LogP contribution is -2.44. The molecule has 0 amide bonds. The predicted molar refractivity (Wildman–Crippen MR) is 93.9 cm³/mol. The maximum absolute atomic E-state index is 6.22. The van der Waals surface area contributed by atoms with Crippen LogP contribution in [0, 0.1) is 5.41 Å². The van der Waals surface area contributed by atoms with Crippen molar-refractivity contribution in [1.82, 2.24) is 4.90 Å². The summed E-state index contributed by atoms with van der Waals surface area (Å²) in [4.78, 5) is 2.51. The Morgan fingerprint density at radius 2 is 1.65 bits per heavy atom. The molecule has 1 saturated heterocycles. The normalized spacial score (nSPS) is 27.4. The van der Waals surface area contributed by atoms with E-state index in [0.717, 1.165) is 58.5 Å². The quantitative estimate of drug-likeness (QED) is 0.639. The molecule has 0 aromatic rings. The summed E-state index contributed by atoms with van der Waals surface area (Å²) < 4.78 is 17.8. The third kappa shape index (κ3) is 7.51. The Balaban J connectivity index is 1.50. The molecule has 2 aliphatic rings. The van der Waals surface area contributed by atoms with Gasteiger partial charge in [-0.1, -0.05) is 20.8 Å². The molecule has 0 N–H and O–H groups in total. The number of hydrogen-bond donors (Lipinski definition) is 0. The summed E-state index contributed by atoms with van der Waals surface area (Å²) >= 11 is 0. The molecule has 0 spiro atoms. The summed E-state index contributed by atoms with van der Waals surface area (Å²) in [7, 11) is 0. The van der Waals surface area contributed by atoms with Crippen molar-refractivity contribution in [1.29, 1.82) is 0 Å². The fourth-order valence-electron chi connectivity index (χ4n) is 3.24. The number of likely N-dealkylation sites (tertiary alicyclic amines) is 1. The molecule has 4 heteroatoms. The van der Waals surface area contributed by atoms with Gasteiger partial charge >= 0.3 is 0 Å². The van der Waals surface area contributed by atoms with E-state index in [1.165, 1.54) is 0 Å². The first kappa shape index (κ1) is 19.2. The van der Waals surface area contributed by atoms with Crippen molar-refractivity contribution in [3.8, 4) is 0 Å². The first-order valence-electron chi connectivity index (χ1n) is 9.43. The second-order valence-electron chi connectivity index (χ2n) is 8.69. The van der Waals surface area contributed by atoms with E-state index in [1.54, 1.807) is 0 Å². The first-order valence-corrected chi connectivity index (χ1v) is 9.43. The van der Waals surface area contributed by atoms with Crippen LogP contribution in [0.4, 0.5) is 0 Å². The molecular formula is C19H37NO3. The van der Waals surface area contributed by atoms with Gasteiger partial charge in [0.05, 0.1) is 37.6 Å². The molecule has 136 valence electrons. The van der Waals surface area contributed by atoms with E-state index in [0.29, 0.717) is 24.4 Å². The Hall–Kier alpha value is -0.160. The molecule has 1 saturated carbocycles. The predicted octanol–water partition coefficient (Wildman–Crippen LogP) is 3.49. The molecule has 0 aromatic carbocycles. The molecular weight excluding hydrogens is 290 g/mol.